The first-order chi connectivity index (χ1) is 12.2. The normalized spacial score (nSPS) is 19.0. The number of hydrogen-bond acceptors (Lipinski definition) is 3. The molecule has 0 fully saturated rings. The van der Waals surface area contributed by atoms with Crippen LogP contribution in [-0.4, -0.2) is 17.6 Å². The molecule has 2 aromatic rings. The fourth-order valence-electron chi connectivity index (χ4n) is 3.32. The summed E-state index contributed by atoms with van der Waals surface area (Å²) in [6.07, 6.45) is 0.142. The van der Waals surface area contributed by atoms with Gasteiger partial charge in [-0.25, -0.2) is 0 Å². The number of fused-ring (bicyclic) bond motifs is 1. The van der Waals surface area contributed by atoms with Crippen LogP contribution >= 0.6 is 0 Å². The zero-order chi connectivity index (χ0) is 18.9. The molecule has 138 valence electrons. The van der Waals surface area contributed by atoms with E-state index in [0.29, 0.717) is 12.2 Å². The number of aryl methyl sites for hydroxylation is 2. The Morgan fingerprint density at radius 2 is 1.92 bits per heavy atom. The minimum atomic E-state index is -0.573. The molecule has 1 amide bonds. The van der Waals surface area contributed by atoms with Gasteiger partial charge in [-0.05, 0) is 63.9 Å². The topological polar surface area (TPSA) is 47.6 Å². The Bertz CT molecular complexity index is 813. The zero-order valence-electron chi connectivity index (χ0n) is 16.1. The lowest BCUT2D eigenvalue weighted by molar-refractivity contribution is -0.128. The Morgan fingerprint density at radius 3 is 2.65 bits per heavy atom. The third kappa shape index (κ3) is 4.18. The highest BCUT2D eigenvalue weighted by Crippen LogP contribution is 2.39. The molecule has 4 heteroatoms. The molecule has 1 heterocycles. The van der Waals surface area contributed by atoms with Crippen LogP contribution in [-0.2, 0) is 4.79 Å². The van der Waals surface area contributed by atoms with Gasteiger partial charge in [0.25, 0.3) is 5.91 Å². The molecule has 3 rings (SSSR count). The quantitative estimate of drug-likeness (QED) is 0.881. The molecule has 2 atom stereocenters. The second-order valence-corrected chi connectivity index (χ2v) is 7.74. The van der Waals surface area contributed by atoms with Crippen LogP contribution in [0.2, 0.25) is 0 Å². The second kappa shape index (κ2) is 7.02. The summed E-state index contributed by atoms with van der Waals surface area (Å²) in [6.45, 7) is 9.91. The van der Waals surface area contributed by atoms with Crippen LogP contribution in [0, 0.1) is 13.8 Å². The summed E-state index contributed by atoms with van der Waals surface area (Å²) >= 11 is 0. The number of hydrogen-bond donors (Lipinski definition) is 1. The van der Waals surface area contributed by atoms with Crippen molar-refractivity contribution >= 4 is 5.91 Å². The zero-order valence-corrected chi connectivity index (χ0v) is 16.1. The largest absolute Gasteiger partial charge is 0.487 e. The minimum Gasteiger partial charge on any atom is -0.487 e. The van der Waals surface area contributed by atoms with Crippen molar-refractivity contribution in [2.45, 2.75) is 58.8 Å². The predicted octanol–water partition coefficient (Wildman–Crippen LogP) is 4.49. The van der Waals surface area contributed by atoms with Gasteiger partial charge in [0.2, 0.25) is 0 Å². The van der Waals surface area contributed by atoms with Gasteiger partial charge < -0.3 is 14.8 Å². The maximum Gasteiger partial charge on any atom is 0.261 e. The maximum atomic E-state index is 12.7. The monoisotopic (exact) mass is 353 g/mol. The van der Waals surface area contributed by atoms with E-state index in [2.05, 4.69) is 5.32 Å². The molecular formula is C22H27NO3. The van der Waals surface area contributed by atoms with Crippen LogP contribution in [0.1, 0.15) is 49.9 Å². The lowest BCUT2D eigenvalue weighted by Gasteiger charge is -2.38. The predicted molar refractivity (Wildman–Crippen MR) is 103 cm³/mol. The van der Waals surface area contributed by atoms with E-state index in [9.17, 15) is 4.79 Å². The van der Waals surface area contributed by atoms with Gasteiger partial charge >= 0.3 is 0 Å². The summed E-state index contributed by atoms with van der Waals surface area (Å²) in [5.41, 5.74) is 2.93. The van der Waals surface area contributed by atoms with Gasteiger partial charge in [-0.3, -0.25) is 4.79 Å². The van der Waals surface area contributed by atoms with Gasteiger partial charge in [-0.15, -0.1) is 0 Å². The van der Waals surface area contributed by atoms with Gasteiger partial charge in [0, 0.05) is 12.0 Å². The number of amides is 1. The van der Waals surface area contributed by atoms with Crippen molar-refractivity contribution in [3.63, 3.8) is 0 Å². The average Bonchev–Trinajstić information content (AvgIpc) is 2.53. The highest BCUT2D eigenvalue weighted by molar-refractivity contribution is 5.81. The second-order valence-electron chi connectivity index (χ2n) is 7.74. The van der Waals surface area contributed by atoms with Crippen molar-refractivity contribution < 1.29 is 14.3 Å². The molecule has 1 aliphatic heterocycles. The molecule has 2 aromatic carbocycles. The van der Waals surface area contributed by atoms with Gasteiger partial charge in [-0.1, -0.05) is 24.3 Å². The van der Waals surface area contributed by atoms with Crippen LogP contribution in [0.3, 0.4) is 0 Å². The molecule has 0 radical (unpaired) electrons. The van der Waals surface area contributed by atoms with E-state index in [1.165, 1.54) is 0 Å². The molecule has 26 heavy (non-hydrogen) atoms. The smallest absolute Gasteiger partial charge is 0.261 e. The lowest BCUT2D eigenvalue weighted by Crippen LogP contribution is -2.44. The SMILES string of the molecule is Cc1cccc(O[C@H](C)C(=O)N[C@H]2CC(C)(C)Oc3cc(C)ccc32)c1. The summed E-state index contributed by atoms with van der Waals surface area (Å²) in [5, 5.41) is 3.14. The van der Waals surface area contributed by atoms with Crippen molar-refractivity contribution in [3.05, 3.63) is 59.2 Å². The third-order valence-electron chi connectivity index (χ3n) is 4.61. The van der Waals surface area contributed by atoms with Crippen LogP contribution in [0.5, 0.6) is 11.5 Å². The maximum absolute atomic E-state index is 12.7. The van der Waals surface area contributed by atoms with Crippen molar-refractivity contribution in [2.75, 3.05) is 0 Å². The summed E-state index contributed by atoms with van der Waals surface area (Å²) in [6, 6.07) is 13.7. The summed E-state index contributed by atoms with van der Waals surface area (Å²) < 4.78 is 11.9. The molecule has 1 N–H and O–H groups in total. The third-order valence-corrected chi connectivity index (χ3v) is 4.61. The van der Waals surface area contributed by atoms with Crippen molar-refractivity contribution in [1.82, 2.24) is 5.32 Å². The Kier molecular flexibility index (Phi) is 4.94. The number of rotatable bonds is 4. The Balaban J connectivity index is 1.74. The van der Waals surface area contributed by atoms with Gasteiger partial charge in [-0.2, -0.15) is 0 Å². The Hall–Kier alpha value is -2.49. The number of nitrogens with one attached hydrogen (secondary N) is 1. The fraction of sp³-hybridized carbons (Fsp3) is 0.409. The number of carbonyl (C=O) groups is 1. The molecule has 0 saturated carbocycles. The molecule has 0 bridgehead atoms. The molecule has 0 spiro atoms. The van der Waals surface area contributed by atoms with Crippen molar-refractivity contribution in [2.24, 2.45) is 0 Å². The first-order valence-electron chi connectivity index (χ1n) is 9.07. The Morgan fingerprint density at radius 1 is 1.19 bits per heavy atom. The number of carbonyl (C=O) groups excluding carboxylic acids is 1. The van der Waals surface area contributed by atoms with Crippen LogP contribution < -0.4 is 14.8 Å². The first kappa shape index (κ1) is 18.3. The molecule has 0 aromatic heterocycles. The van der Waals surface area contributed by atoms with E-state index in [1.54, 1.807) is 6.92 Å². The van der Waals surface area contributed by atoms with E-state index < -0.39 is 6.10 Å². The van der Waals surface area contributed by atoms with Gasteiger partial charge in [0.05, 0.1) is 6.04 Å². The Labute approximate surface area is 155 Å². The summed E-state index contributed by atoms with van der Waals surface area (Å²) in [7, 11) is 0. The van der Waals surface area contributed by atoms with Crippen molar-refractivity contribution in [3.8, 4) is 11.5 Å². The minimum absolute atomic E-state index is 0.0922. The molecular weight excluding hydrogens is 326 g/mol. The highest BCUT2D eigenvalue weighted by Gasteiger charge is 2.35. The van der Waals surface area contributed by atoms with E-state index >= 15 is 0 Å². The molecule has 4 nitrogen and oxygen atoms in total. The average molecular weight is 353 g/mol. The van der Waals surface area contributed by atoms with E-state index in [1.807, 2.05) is 70.2 Å². The molecule has 0 unspecified atom stereocenters. The molecule has 0 saturated heterocycles. The van der Waals surface area contributed by atoms with Crippen LogP contribution in [0.4, 0.5) is 0 Å². The molecule has 1 aliphatic rings. The van der Waals surface area contributed by atoms with E-state index in [0.717, 1.165) is 22.4 Å². The van der Waals surface area contributed by atoms with E-state index in [4.69, 9.17) is 9.47 Å². The summed E-state index contributed by atoms with van der Waals surface area (Å²) in [4.78, 5) is 12.7. The highest BCUT2D eigenvalue weighted by atomic mass is 16.5. The fourth-order valence-corrected chi connectivity index (χ4v) is 3.32. The van der Waals surface area contributed by atoms with E-state index in [-0.39, 0.29) is 17.6 Å². The lowest BCUT2D eigenvalue weighted by atomic mass is 9.89. The van der Waals surface area contributed by atoms with Crippen molar-refractivity contribution in [1.29, 1.82) is 0 Å². The van der Waals surface area contributed by atoms with Crippen LogP contribution in [0.25, 0.3) is 0 Å². The standard InChI is InChI=1S/C22H27NO3/c1-14-7-6-8-17(11-14)25-16(3)21(24)23-19-13-22(4,5)26-20-12-15(2)9-10-18(19)20/h6-12,16,19H,13H2,1-5H3,(H,23,24)/t16-,19+/m1/s1. The van der Waals surface area contributed by atoms with Gasteiger partial charge in [0.15, 0.2) is 6.10 Å². The number of benzene rings is 2. The summed E-state index contributed by atoms with van der Waals surface area (Å²) in [5.74, 6) is 1.43. The first-order valence-corrected chi connectivity index (χ1v) is 9.07. The molecule has 0 aliphatic carbocycles. The van der Waals surface area contributed by atoms with Crippen LogP contribution in [0.15, 0.2) is 42.5 Å². The van der Waals surface area contributed by atoms with Gasteiger partial charge in [0.1, 0.15) is 17.1 Å². The number of ether oxygens (including phenoxy) is 2.